The van der Waals surface area contributed by atoms with Crippen LogP contribution < -0.4 is 10.6 Å². The van der Waals surface area contributed by atoms with E-state index < -0.39 is 0 Å². The zero-order valence-electron chi connectivity index (χ0n) is 7.23. The van der Waals surface area contributed by atoms with Gasteiger partial charge in [0.25, 0.3) is 0 Å². The zero-order valence-corrected chi connectivity index (χ0v) is 8.05. The van der Waals surface area contributed by atoms with Crippen molar-refractivity contribution in [3.63, 3.8) is 0 Å². The van der Waals surface area contributed by atoms with Crippen molar-refractivity contribution in [2.75, 3.05) is 18.4 Å². The van der Waals surface area contributed by atoms with Gasteiger partial charge in [0.2, 0.25) is 0 Å². The highest BCUT2D eigenvalue weighted by molar-refractivity contribution is 5.85. The molecule has 72 valence electrons. The van der Waals surface area contributed by atoms with Gasteiger partial charge in [0.05, 0.1) is 6.20 Å². The molecule has 0 bridgehead atoms. The van der Waals surface area contributed by atoms with Crippen LogP contribution in [0.1, 0.15) is 6.42 Å². The van der Waals surface area contributed by atoms with E-state index >= 15 is 0 Å². The molecule has 0 unspecified atom stereocenters. The van der Waals surface area contributed by atoms with Gasteiger partial charge < -0.3 is 10.6 Å². The maximum Gasteiger partial charge on any atom is 0.144 e. The van der Waals surface area contributed by atoms with Crippen LogP contribution in [0.15, 0.2) is 18.6 Å². The largest absolute Gasteiger partial charge is 0.365 e. The van der Waals surface area contributed by atoms with Crippen molar-refractivity contribution in [1.82, 2.24) is 15.3 Å². The van der Waals surface area contributed by atoms with Gasteiger partial charge in [-0.25, -0.2) is 4.98 Å². The van der Waals surface area contributed by atoms with Crippen LogP contribution in [0.3, 0.4) is 0 Å². The summed E-state index contributed by atoms with van der Waals surface area (Å²) in [6, 6.07) is 0.515. The second-order valence-corrected chi connectivity index (χ2v) is 2.92. The summed E-state index contributed by atoms with van der Waals surface area (Å²) in [5.41, 5.74) is 0. The lowest BCUT2D eigenvalue weighted by molar-refractivity contribution is 0.786. The number of nitrogens with zero attached hydrogens (tertiary/aromatic N) is 2. The Bertz CT molecular complexity index is 235. The third-order valence-electron chi connectivity index (χ3n) is 1.98. The molecule has 0 amide bonds. The lowest BCUT2D eigenvalue weighted by Crippen LogP contribution is -2.22. The summed E-state index contributed by atoms with van der Waals surface area (Å²) in [6.45, 7) is 2.12. The fourth-order valence-corrected chi connectivity index (χ4v) is 1.36. The monoisotopic (exact) mass is 200 g/mol. The molecule has 1 aliphatic heterocycles. The molecule has 4 nitrogen and oxygen atoms in total. The first-order valence-corrected chi connectivity index (χ1v) is 4.18. The minimum atomic E-state index is 0. The van der Waals surface area contributed by atoms with E-state index in [1.807, 2.05) is 0 Å². The maximum atomic E-state index is 4.14. The Labute approximate surface area is 83.6 Å². The summed E-state index contributed by atoms with van der Waals surface area (Å²) >= 11 is 0. The van der Waals surface area contributed by atoms with Gasteiger partial charge in [-0.3, -0.25) is 4.98 Å². The number of halogens is 1. The van der Waals surface area contributed by atoms with Crippen LogP contribution >= 0.6 is 12.4 Å². The number of anilines is 1. The number of hydrogen-bond acceptors (Lipinski definition) is 4. The molecule has 5 heteroatoms. The second-order valence-electron chi connectivity index (χ2n) is 2.92. The van der Waals surface area contributed by atoms with Crippen LogP contribution in [0.25, 0.3) is 0 Å². The number of nitrogens with one attached hydrogen (secondary N) is 2. The van der Waals surface area contributed by atoms with E-state index in [9.17, 15) is 0 Å². The predicted octanol–water partition coefficient (Wildman–Crippen LogP) is 0.672. The summed E-state index contributed by atoms with van der Waals surface area (Å²) in [6.07, 6.45) is 6.29. The molecule has 2 N–H and O–H groups in total. The van der Waals surface area contributed by atoms with Crippen molar-refractivity contribution in [3.8, 4) is 0 Å². The first kappa shape index (κ1) is 10.2. The lowest BCUT2D eigenvalue weighted by Gasteiger charge is -2.10. The Morgan fingerprint density at radius 3 is 3.00 bits per heavy atom. The summed E-state index contributed by atoms with van der Waals surface area (Å²) in [4.78, 5) is 8.12. The quantitative estimate of drug-likeness (QED) is 0.737. The third kappa shape index (κ3) is 2.82. The van der Waals surface area contributed by atoms with Crippen LogP contribution in [0, 0.1) is 0 Å². The fourth-order valence-electron chi connectivity index (χ4n) is 1.36. The van der Waals surface area contributed by atoms with Crippen LogP contribution in [-0.2, 0) is 0 Å². The van der Waals surface area contributed by atoms with Gasteiger partial charge in [-0.15, -0.1) is 12.4 Å². The van der Waals surface area contributed by atoms with E-state index in [2.05, 4.69) is 20.6 Å². The molecular formula is C8H13ClN4. The van der Waals surface area contributed by atoms with E-state index in [1.54, 1.807) is 18.6 Å². The predicted molar refractivity (Wildman–Crippen MR) is 54.2 cm³/mol. The van der Waals surface area contributed by atoms with Crippen LogP contribution in [0.2, 0.25) is 0 Å². The zero-order chi connectivity index (χ0) is 8.23. The number of aromatic nitrogens is 2. The summed E-state index contributed by atoms with van der Waals surface area (Å²) in [5.74, 6) is 0.867. The van der Waals surface area contributed by atoms with E-state index in [0.29, 0.717) is 6.04 Å². The molecule has 2 heterocycles. The molecule has 0 radical (unpaired) electrons. The van der Waals surface area contributed by atoms with E-state index in [0.717, 1.165) is 25.3 Å². The average Bonchev–Trinajstić information content (AvgIpc) is 2.59. The van der Waals surface area contributed by atoms with Crippen molar-refractivity contribution in [2.45, 2.75) is 12.5 Å². The topological polar surface area (TPSA) is 49.8 Å². The summed E-state index contributed by atoms with van der Waals surface area (Å²) < 4.78 is 0. The van der Waals surface area contributed by atoms with Crippen LogP contribution in [0.5, 0.6) is 0 Å². The molecule has 1 aliphatic rings. The Hall–Kier alpha value is -0.870. The highest BCUT2D eigenvalue weighted by atomic mass is 35.5. The molecule has 1 aromatic heterocycles. The van der Waals surface area contributed by atoms with Crippen molar-refractivity contribution in [1.29, 1.82) is 0 Å². The third-order valence-corrected chi connectivity index (χ3v) is 1.98. The van der Waals surface area contributed by atoms with Gasteiger partial charge >= 0.3 is 0 Å². The number of hydrogen-bond donors (Lipinski definition) is 2. The molecule has 0 aliphatic carbocycles. The average molecular weight is 201 g/mol. The van der Waals surface area contributed by atoms with E-state index in [1.165, 1.54) is 0 Å². The minimum absolute atomic E-state index is 0. The molecule has 0 spiro atoms. The molecule has 13 heavy (non-hydrogen) atoms. The SMILES string of the molecule is Cl.c1cnc(N[C@@H]2CCNC2)cn1. The Morgan fingerprint density at radius 2 is 2.38 bits per heavy atom. The van der Waals surface area contributed by atoms with Crippen molar-refractivity contribution < 1.29 is 0 Å². The second kappa shape index (κ2) is 4.99. The molecule has 0 saturated carbocycles. The van der Waals surface area contributed by atoms with Gasteiger partial charge in [0.1, 0.15) is 5.82 Å². The first-order chi connectivity index (χ1) is 5.95. The molecule has 1 atom stereocenters. The normalized spacial score (nSPS) is 20.8. The van der Waals surface area contributed by atoms with Gasteiger partial charge in [0.15, 0.2) is 0 Å². The van der Waals surface area contributed by atoms with E-state index in [4.69, 9.17) is 0 Å². The summed E-state index contributed by atoms with van der Waals surface area (Å²) in [7, 11) is 0. The van der Waals surface area contributed by atoms with Gasteiger partial charge in [-0.05, 0) is 13.0 Å². The van der Waals surface area contributed by atoms with Crippen molar-refractivity contribution >= 4 is 18.2 Å². The Balaban J connectivity index is 0.000000845. The standard InChI is InChI=1S/C8H12N4.ClH/c1-2-9-5-7(1)12-8-6-10-3-4-11-8;/h3-4,6-7,9H,1-2,5H2,(H,11,12);1H/t7-;/m1./s1. The minimum Gasteiger partial charge on any atom is -0.365 e. The highest BCUT2D eigenvalue weighted by Crippen LogP contribution is 2.05. The highest BCUT2D eigenvalue weighted by Gasteiger charge is 2.13. The van der Waals surface area contributed by atoms with Gasteiger partial charge in [-0.2, -0.15) is 0 Å². The van der Waals surface area contributed by atoms with Crippen LogP contribution in [0.4, 0.5) is 5.82 Å². The molecule has 1 aromatic rings. The van der Waals surface area contributed by atoms with Gasteiger partial charge in [-0.1, -0.05) is 0 Å². The Kier molecular flexibility index (Phi) is 3.92. The smallest absolute Gasteiger partial charge is 0.144 e. The molecular weight excluding hydrogens is 188 g/mol. The Morgan fingerprint density at radius 1 is 1.46 bits per heavy atom. The molecule has 1 fully saturated rings. The van der Waals surface area contributed by atoms with E-state index in [-0.39, 0.29) is 12.4 Å². The lowest BCUT2D eigenvalue weighted by atomic mass is 10.3. The first-order valence-electron chi connectivity index (χ1n) is 4.18. The molecule has 2 rings (SSSR count). The molecule has 1 saturated heterocycles. The van der Waals surface area contributed by atoms with Gasteiger partial charge in [0, 0.05) is 25.0 Å². The van der Waals surface area contributed by atoms with Crippen LogP contribution in [-0.4, -0.2) is 29.1 Å². The van der Waals surface area contributed by atoms with Crippen molar-refractivity contribution in [3.05, 3.63) is 18.6 Å². The van der Waals surface area contributed by atoms with Crippen molar-refractivity contribution in [2.24, 2.45) is 0 Å². The number of rotatable bonds is 2. The molecule has 0 aromatic carbocycles. The maximum absolute atomic E-state index is 4.14. The summed E-state index contributed by atoms with van der Waals surface area (Å²) in [5, 5.41) is 6.59. The fraction of sp³-hybridized carbons (Fsp3) is 0.500.